The van der Waals surface area contributed by atoms with Gasteiger partial charge in [-0.15, -0.1) is 0 Å². The van der Waals surface area contributed by atoms with E-state index in [-0.39, 0.29) is 81.5 Å². The fourth-order valence-corrected chi connectivity index (χ4v) is 8.77. The first kappa shape index (κ1) is 36.8. The van der Waals surface area contributed by atoms with Crippen molar-refractivity contribution in [1.29, 1.82) is 0 Å². The molecule has 0 spiro atoms. The number of fused-ring (bicyclic) bond motifs is 5. The Morgan fingerprint density at radius 2 is 1.70 bits per heavy atom. The topological polar surface area (TPSA) is 216 Å². The number of carbonyl (C=O) groups excluding carboxylic acids is 1. The molecule has 0 amide bonds. The van der Waals surface area contributed by atoms with E-state index in [2.05, 4.69) is 6.58 Å². The van der Waals surface area contributed by atoms with Gasteiger partial charge in [0.25, 0.3) is 0 Å². The van der Waals surface area contributed by atoms with Gasteiger partial charge < -0.3 is 59.8 Å². The molecule has 2 bridgehead atoms. The number of ether oxygens (including phenoxy) is 4. The summed E-state index contributed by atoms with van der Waals surface area (Å²) < 4.78 is 22.9. The van der Waals surface area contributed by atoms with Gasteiger partial charge in [0, 0.05) is 68.2 Å². The average Bonchev–Trinajstić information content (AvgIpc) is 2.94. The van der Waals surface area contributed by atoms with Gasteiger partial charge in [-0.25, -0.2) is 0 Å². The summed E-state index contributed by atoms with van der Waals surface area (Å²) >= 11 is 0. The van der Waals surface area contributed by atoms with E-state index >= 15 is 0 Å². The van der Waals surface area contributed by atoms with E-state index in [4.69, 9.17) is 18.9 Å². The number of Topliss-reactive ketones (excluding diaryl/α,β-unsaturated/α-hetero) is 1. The van der Waals surface area contributed by atoms with E-state index in [1.54, 1.807) is 34.6 Å². The van der Waals surface area contributed by atoms with E-state index in [0.717, 1.165) is 0 Å². The molecule has 1 radical (unpaired) electrons. The molecule has 14 heteroatoms. The fraction of sp³-hybridized carbons (Fsp3) is 0.833. The Balaban J connectivity index is 0.00000442. The smallest absolute Gasteiger partial charge is 0.187 e. The molecule has 8 N–H and O–H groups in total. The molecule has 5 aliphatic rings. The van der Waals surface area contributed by atoms with Crippen LogP contribution in [0.3, 0.4) is 0 Å². The Labute approximate surface area is 292 Å². The summed E-state index contributed by atoms with van der Waals surface area (Å²) in [6, 6.07) is 0. The normalized spacial score (nSPS) is 49.8. The van der Waals surface area contributed by atoms with Crippen LogP contribution >= 0.6 is 0 Å². The number of ketones is 1. The minimum absolute atomic E-state index is 0. The molecular weight excluding hydrogens is 795 g/mol. The maximum absolute atomic E-state index is 14.5. The van der Waals surface area contributed by atoms with Gasteiger partial charge >= 0.3 is 0 Å². The second-order valence-corrected chi connectivity index (χ2v) is 13.9. The monoisotopic (exact) mass is 841 g/mol. The summed E-state index contributed by atoms with van der Waals surface area (Å²) in [7, 11) is 0. The van der Waals surface area contributed by atoms with Crippen LogP contribution in [0.25, 0.3) is 0 Å². The van der Waals surface area contributed by atoms with Gasteiger partial charge in [0.15, 0.2) is 12.1 Å². The van der Waals surface area contributed by atoms with Crippen LogP contribution in [-0.4, -0.2) is 133 Å². The van der Waals surface area contributed by atoms with Crippen LogP contribution in [-0.2, 0) is 23.7 Å². The van der Waals surface area contributed by atoms with Gasteiger partial charge in [-0.1, -0.05) is 27.4 Å². The molecule has 2 aliphatic heterocycles. The minimum atomic E-state index is -1.71. The third kappa shape index (κ3) is 5.14. The molecule has 4 fully saturated rings. The molecule has 2 heterocycles. The van der Waals surface area contributed by atoms with Crippen molar-refractivity contribution in [3.8, 4) is 0 Å². The van der Waals surface area contributed by atoms with Crippen molar-refractivity contribution in [3.05, 3.63) is 23.5 Å². The van der Waals surface area contributed by atoms with Crippen molar-refractivity contribution in [1.82, 2.24) is 0 Å². The Kier molecular flexibility index (Phi) is 10.4. The second-order valence-electron chi connectivity index (χ2n) is 13.9. The fourth-order valence-electron chi connectivity index (χ4n) is 8.77. The van der Waals surface area contributed by atoms with E-state index < -0.39 is 101 Å². The third-order valence-electron chi connectivity index (χ3n) is 11.4. The molecule has 3 aliphatic carbocycles. The van der Waals surface area contributed by atoms with Crippen molar-refractivity contribution in [2.75, 3.05) is 19.8 Å². The predicted molar refractivity (Wildman–Crippen MR) is 147 cm³/mol. The summed E-state index contributed by atoms with van der Waals surface area (Å²) in [6.07, 6.45) is -12.0. The Bertz CT molecular complexity index is 1180. The van der Waals surface area contributed by atoms with Gasteiger partial charge in [-0.2, -0.15) is 0 Å². The molecule has 44 heavy (non-hydrogen) atoms. The van der Waals surface area contributed by atoms with Crippen LogP contribution in [0, 0.1) is 66.7 Å². The standard InChI is InChI=1S/C30H46O13.Ac/c1-12(10-40-26-23(36)22(35)20(33)16(9-31)43-26)42-17-7-18-29(38,11-41-18)24-14(3)30(39)8-15(32)13(2)19(27(30,4)5)21(34)25(37)28(17,24)6;/h14-18,20-24,26,31-36,38-39H,1,7-11H2,2-6H3;/t14-,15?,16?,17?,18?,20?,21?,22?,23?,24?,26?,28+,29?,30?;/m0./s1. The third-order valence-corrected chi connectivity index (χ3v) is 11.4. The molecular formula is C30H46AcO13. The number of aliphatic hydroxyl groups excluding tert-OH is 6. The van der Waals surface area contributed by atoms with Gasteiger partial charge in [-0.05, 0) is 30.9 Å². The molecule has 0 aromatic rings. The number of rotatable bonds is 6. The van der Waals surface area contributed by atoms with E-state index in [9.17, 15) is 45.6 Å². The van der Waals surface area contributed by atoms with Crippen molar-refractivity contribution in [2.45, 2.75) is 114 Å². The molecule has 0 aromatic heterocycles. The first-order chi connectivity index (χ1) is 19.9. The van der Waals surface area contributed by atoms with Gasteiger partial charge in [0.1, 0.15) is 54.6 Å². The molecule has 2 saturated heterocycles. The molecule has 13 nitrogen and oxygen atoms in total. The first-order valence-corrected chi connectivity index (χ1v) is 14.8. The van der Waals surface area contributed by atoms with Crippen molar-refractivity contribution in [2.24, 2.45) is 22.7 Å². The molecule has 5 rings (SSSR count). The Morgan fingerprint density at radius 1 is 1.07 bits per heavy atom. The maximum Gasteiger partial charge on any atom is 0.187 e. The zero-order valence-corrected chi connectivity index (χ0v) is 30.5. The van der Waals surface area contributed by atoms with Crippen LogP contribution in [0.2, 0.25) is 0 Å². The number of carbonyl (C=O) groups is 1. The van der Waals surface area contributed by atoms with E-state index in [1.165, 1.54) is 0 Å². The van der Waals surface area contributed by atoms with Gasteiger partial charge in [-0.3, -0.25) is 4.79 Å². The van der Waals surface area contributed by atoms with Crippen LogP contribution in [0.4, 0.5) is 0 Å². The number of hydrogen-bond donors (Lipinski definition) is 8. The van der Waals surface area contributed by atoms with Crippen molar-refractivity contribution < 1.29 is 109 Å². The molecule has 14 atom stereocenters. The summed E-state index contributed by atoms with van der Waals surface area (Å²) in [4.78, 5) is 14.5. The minimum Gasteiger partial charge on any atom is -0.492 e. The van der Waals surface area contributed by atoms with E-state index in [1.807, 2.05) is 0 Å². The Hall–Kier alpha value is -0.0484. The van der Waals surface area contributed by atoms with Crippen molar-refractivity contribution >= 4 is 5.78 Å². The summed E-state index contributed by atoms with van der Waals surface area (Å²) in [5, 5.41) is 86.8. The quantitative estimate of drug-likeness (QED) is 0.111. The van der Waals surface area contributed by atoms with Crippen molar-refractivity contribution in [3.63, 3.8) is 0 Å². The number of hydrogen-bond acceptors (Lipinski definition) is 13. The van der Waals surface area contributed by atoms with Crippen LogP contribution in [0.1, 0.15) is 47.5 Å². The summed E-state index contributed by atoms with van der Waals surface area (Å²) in [6.45, 7) is 11.3. The average molecular weight is 842 g/mol. The second kappa shape index (κ2) is 12.4. The molecule has 2 saturated carbocycles. The zero-order valence-electron chi connectivity index (χ0n) is 25.8. The molecule has 12 unspecified atom stereocenters. The molecule has 0 aromatic carbocycles. The first-order valence-electron chi connectivity index (χ1n) is 14.8. The van der Waals surface area contributed by atoms with Crippen LogP contribution in [0.5, 0.6) is 0 Å². The summed E-state index contributed by atoms with van der Waals surface area (Å²) in [5.41, 5.74) is -5.19. The zero-order chi connectivity index (χ0) is 32.0. The Morgan fingerprint density at radius 3 is 2.27 bits per heavy atom. The van der Waals surface area contributed by atoms with Gasteiger partial charge in [0.2, 0.25) is 0 Å². The largest absolute Gasteiger partial charge is 0.492 e. The number of aliphatic hydroxyl groups is 8. The molecule has 247 valence electrons. The van der Waals surface area contributed by atoms with Crippen LogP contribution < -0.4 is 0 Å². The SMILES string of the molecule is C=C(COC1OC(CO)C(O)C(O)C1O)OC1CC2OCC2(O)C2[C@H](C)C3(O)CC(O)C(C)=C(C(O)C(=O)[C@]12C)C3(C)C.[Ac]. The maximum atomic E-state index is 14.5. The summed E-state index contributed by atoms with van der Waals surface area (Å²) in [5.74, 6) is -2.37. The van der Waals surface area contributed by atoms with Gasteiger partial charge in [0.05, 0.1) is 36.4 Å². The van der Waals surface area contributed by atoms with E-state index in [0.29, 0.717) is 5.57 Å². The van der Waals surface area contributed by atoms with Crippen LogP contribution in [0.15, 0.2) is 23.5 Å². The predicted octanol–water partition coefficient (Wildman–Crippen LogP) is -1.72.